The maximum atomic E-state index is 14.1. The molecule has 3 saturated carbocycles. The van der Waals surface area contributed by atoms with Crippen LogP contribution in [-0.2, 0) is 38.4 Å². The SMILES string of the molecule is CC1(C)[C@H]2CC3OB([C@H](CCCCCCCCCCc4ccccc4)NC(=O)[C@@H]4C[C@@H](OC(=O)N5Cc6ccccc6C5)CN4C(N)=O)O[C@]3(C)[C@@H]1C2. The van der Waals surface area contributed by atoms with Crippen LogP contribution < -0.4 is 11.1 Å². The van der Waals surface area contributed by atoms with Gasteiger partial charge in [-0.25, -0.2) is 9.59 Å². The number of nitrogens with two attached hydrogens (primary N) is 1. The Morgan fingerprint density at radius 1 is 0.887 bits per heavy atom. The number of fused-ring (bicyclic) bond motifs is 1. The van der Waals surface area contributed by atoms with Crippen LogP contribution in [0.3, 0.4) is 0 Å². The zero-order chi connectivity index (χ0) is 37.2. The first-order valence-electron chi connectivity index (χ1n) is 20.3. The predicted octanol–water partition coefficient (Wildman–Crippen LogP) is 7.17. The number of likely N-dealkylation sites (tertiary alicyclic amines) is 1. The lowest BCUT2D eigenvalue weighted by Crippen LogP contribution is -2.65. The summed E-state index contributed by atoms with van der Waals surface area (Å²) in [7, 11) is -0.567. The zero-order valence-electron chi connectivity index (χ0n) is 32.0. The largest absolute Gasteiger partial charge is 0.481 e. The first-order chi connectivity index (χ1) is 25.5. The molecule has 4 amide bonds. The molecule has 0 radical (unpaired) electrons. The van der Waals surface area contributed by atoms with Crippen molar-refractivity contribution in [2.45, 2.75) is 147 Å². The number of aryl methyl sites for hydroxylation is 1. The number of rotatable bonds is 15. The van der Waals surface area contributed by atoms with Crippen LogP contribution in [0.1, 0.15) is 115 Å². The lowest BCUT2D eigenvalue weighted by atomic mass is 9.43. The zero-order valence-corrected chi connectivity index (χ0v) is 32.0. The van der Waals surface area contributed by atoms with Crippen LogP contribution in [0.5, 0.6) is 0 Å². The van der Waals surface area contributed by atoms with Crippen LogP contribution in [0, 0.1) is 17.3 Å². The highest BCUT2D eigenvalue weighted by atomic mass is 16.7. The number of nitrogens with one attached hydrogen (secondary N) is 1. The number of benzene rings is 2. The first-order valence-corrected chi connectivity index (χ1v) is 20.3. The van der Waals surface area contributed by atoms with Gasteiger partial charge < -0.3 is 30.0 Å². The van der Waals surface area contributed by atoms with Crippen molar-refractivity contribution in [3.8, 4) is 0 Å². The number of urea groups is 1. The predicted molar refractivity (Wildman–Crippen MR) is 204 cm³/mol. The maximum Gasteiger partial charge on any atom is 0.481 e. The van der Waals surface area contributed by atoms with Crippen molar-refractivity contribution in [2.75, 3.05) is 6.54 Å². The Balaban J connectivity index is 0.926. The monoisotopic (exact) mass is 726 g/mol. The van der Waals surface area contributed by atoms with Crippen LogP contribution in [0.15, 0.2) is 54.6 Å². The van der Waals surface area contributed by atoms with Crippen molar-refractivity contribution < 1.29 is 28.4 Å². The normalized spacial score (nSPS) is 28.6. The second-order valence-electron chi connectivity index (χ2n) is 17.2. The van der Waals surface area contributed by atoms with E-state index in [0.717, 1.165) is 49.7 Å². The van der Waals surface area contributed by atoms with E-state index in [1.165, 1.54) is 42.6 Å². The Labute approximate surface area is 316 Å². The summed E-state index contributed by atoms with van der Waals surface area (Å²) in [6, 6.07) is 17.1. The molecule has 1 unspecified atom stereocenters. The van der Waals surface area contributed by atoms with Gasteiger partial charge in [0, 0.05) is 19.5 Å². The molecule has 2 aromatic rings. The number of ether oxygens (including phenoxy) is 1. The van der Waals surface area contributed by atoms with Crippen molar-refractivity contribution in [3.63, 3.8) is 0 Å². The molecular formula is C42H59BN4O6. The van der Waals surface area contributed by atoms with E-state index < -0.39 is 37.0 Å². The van der Waals surface area contributed by atoms with Crippen molar-refractivity contribution in [3.05, 3.63) is 71.3 Å². The number of carbonyl (C=O) groups is 3. The Morgan fingerprint density at radius 3 is 2.19 bits per heavy atom. The highest BCUT2D eigenvalue weighted by Crippen LogP contribution is 2.65. The van der Waals surface area contributed by atoms with Crippen molar-refractivity contribution >= 4 is 25.1 Å². The number of hydrogen-bond acceptors (Lipinski definition) is 6. The van der Waals surface area contributed by atoms with Crippen LogP contribution in [0.4, 0.5) is 9.59 Å². The van der Waals surface area contributed by atoms with Gasteiger partial charge in [0.15, 0.2) is 0 Å². The summed E-state index contributed by atoms with van der Waals surface area (Å²) in [4.78, 5) is 42.8. The molecule has 2 bridgehead atoms. The average Bonchev–Trinajstić information content (AvgIpc) is 3.87. The quantitative estimate of drug-likeness (QED) is 0.148. The van der Waals surface area contributed by atoms with Gasteiger partial charge in [-0.05, 0) is 73.0 Å². The van der Waals surface area contributed by atoms with E-state index in [1.807, 2.05) is 24.3 Å². The fourth-order valence-corrected chi connectivity index (χ4v) is 10.1. The maximum absolute atomic E-state index is 14.1. The molecule has 3 heterocycles. The van der Waals surface area contributed by atoms with Gasteiger partial charge in [-0.1, -0.05) is 113 Å². The molecule has 5 fully saturated rings. The Hall–Kier alpha value is -3.57. The van der Waals surface area contributed by atoms with Gasteiger partial charge in [0.05, 0.1) is 24.2 Å². The summed E-state index contributed by atoms with van der Waals surface area (Å²) in [5.41, 5.74) is 9.21. The Bertz CT molecular complexity index is 1580. The minimum atomic E-state index is -0.850. The highest BCUT2D eigenvalue weighted by Gasteiger charge is 2.68. The second-order valence-corrected chi connectivity index (χ2v) is 17.2. The van der Waals surface area contributed by atoms with E-state index in [1.54, 1.807) is 4.90 Å². The summed E-state index contributed by atoms with van der Waals surface area (Å²) < 4.78 is 19.4. The third-order valence-corrected chi connectivity index (χ3v) is 13.4. The van der Waals surface area contributed by atoms with Crippen LogP contribution in [0.2, 0.25) is 0 Å². The summed E-state index contributed by atoms with van der Waals surface area (Å²) in [5.74, 6) is 0.346. The molecular weight excluding hydrogens is 667 g/mol. The minimum absolute atomic E-state index is 0.000292. The van der Waals surface area contributed by atoms with Gasteiger partial charge >= 0.3 is 19.2 Å². The average molecular weight is 727 g/mol. The summed E-state index contributed by atoms with van der Waals surface area (Å²) in [6.07, 6.45) is 12.4. The Kier molecular flexibility index (Phi) is 11.4. The fourth-order valence-electron chi connectivity index (χ4n) is 10.1. The molecule has 11 heteroatoms. The third-order valence-electron chi connectivity index (χ3n) is 13.4. The molecule has 2 aromatic carbocycles. The number of carbonyl (C=O) groups excluding carboxylic acids is 3. The molecule has 3 N–H and O–H groups in total. The topological polar surface area (TPSA) is 123 Å². The molecule has 3 aliphatic carbocycles. The standard InChI is InChI=1S/C42H59BN4O6/c1-41(2)32-23-35(41)42(3)36(24-32)52-43(53-42)37(22-14-9-7-5-4-6-8-11-17-29-18-12-10-13-19-29)45-38(48)34-25-33(28-47(34)39(44)49)51-40(50)46-26-30-20-15-16-21-31(30)27-46/h10,12-13,15-16,18-21,32-37H,4-9,11,14,17,22-28H2,1-3H3,(H2,44,49)(H,45,48)/t32-,33-,34+,35-,36?,37+,42-/m1/s1. The van der Waals surface area contributed by atoms with Gasteiger partial charge in [-0.3, -0.25) is 9.69 Å². The molecule has 2 saturated heterocycles. The van der Waals surface area contributed by atoms with E-state index in [0.29, 0.717) is 31.3 Å². The van der Waals surface area contributed by atoms with E-state index >= 15 is 0 Å². The van der Waals surface area contributed by atoms with Crippen molar-refractivity contribution in [1.29, 1.82) is 0 Å². The molecule has 10 nitrogen and oxygen atoms in total. The van der Waals surface area contributed by atoms with Crippen LogP contribution in [0.25, 0.3) is 0 Å². The van der Waals surface area contributed by atoms with E-state index in [2.05, 4.69) is 56.4 Å². The number of nitrogens with zero attached hydrogens (tertiary/aromatic N) is 2. The summed E-state index contributed by atoms with van der Waals surface area (Å²) in [5, 5.41) is 3.25. The molecule has 7 atom stereocenters. The van der Waals surface area contributed by atoms with Crippen molar-refractivity contribution in [2.24, 2.45) is 23.0 Å². The van der Waals surface area contributed by atoms with Gasteiger partial charge in [-0.15, -0.1) is 0 Å². The summed E-state index contributed by atoms with van der Waals surface area (Å²) >= 11 is 0. The molecule has 53 heavy (non-hydrogen) atoms. The number of unbranched alkanes of at least 4 members (excludes halogenated alkanes) is 7. The molecule has 8 rings (SSSR count). The third kappa shape index (κ3) is 8.12. The van der Waals surface area contributed by atoms with E-state index in [9.17, 15) is 14.4 Å². The van der Waals surface area contributed by atoms with Crippen molar-refractivity contribution in [1.82, 2.24) is 15.1 Å². The molecule has 286 valence electrons. The van der Waals surface area contributed by atoms with Gasteiger partial charge in [-0.2, -0.15) is 0 Å². The van der Waals surface area contributed by atoms with E-state index in [4.69, 9.17) is 19.8 Å². The fraction of sp³-hybridized carbons (Fsp3) is 0.643. The van der Waals surface area contributed by atoms with Gasteiger partial charge in [0.25, 0.3) is 0 Å². The van der Waals surface area contributed by atoms with Gasteiger partial charge in [0.2, 0.25) is 5.91 Å². The highest BCUT2D eigenvalue weighted by molar-refractivity contribution is 6.47. The molecule has 0 spiro atoms. The minimum Gasteiger partial charge on any atom is -0.444 e. The second kappa shape index (κ2) is 16.0. The lowest BCUT2D eigenvalue weighted by Gasteiger charge is -2.64. The molecule has 6 aliphatic rings. The van der Waals surface area contributed by atoms with E-state index in [-0.39, 0.29) is 36.3 Å². The molecule has 0 aromatic heterocycles. The van der Waals surface area contributed by atoms with Crippen LogP contribution >= 0.6 is 0 Å². The van der Waals surface area contributed by atoms with Gasteiger partial charge in [0.1, 0.15) is 12.1 Å². The number of hydrogen-bond donors (Lipinski definition) is 2. The number of amides is 4. The number of primary amides is 1. The Morgan fingerprint density at radius 2 is 1.53 bits per heavy atom. The summed E-state index contributed by atoms with van der Waals surface area (Å²) in [6.45, 7) is 7.91. The van der Waals surface area contributed by atoms with Crippen LogP contribution in [-0.4, -0.2) is 71.3 Å². The lowest BCUT2D eigenvalue weighted by molar-refractivity contribution is -0.199. The molecule has 3 aliphatic heterocycles. The smallest absolute Gasteiger partial charge is 0.444 e. The first kappa shape index (κ1) is 37.7.